The van der Waals surface area contributed by atoms with Crippen LogP contribution in [0.15, 0.2) is 24.4 Å². The largest absolute Gasteiger partial charge is 0.489 e. The number of hydrogen-bond acceptors (Lipinski definition) is 5. The van der Waals surface area contributed by atoms with Gasteiger partial charge >= 0.3 is 0 Å². The minimum absolute atomic E-state index is 0.000928. The third-order valence-corrected chi connectivity index (χ3v) is 4.99. The van der Waals surface area contributed by atoms with E-state index in [1.54, 1.807) is 6.20 Å². The minimum atomic E-state index is -0.642. The second-order valence-electron chi connectivity index (χ2n) is 6.87. The van der Waals surface area contributed by atoms with Gasteiger partial charge in [0.1, 0.15) is 22.7 Å². The van der Waals surface area contributed by atoms with Crippen LogP contribution in [0.1, 0.15) is 37.0 Å². The predicted molar refractivity (Wildman–Crippen MR) is 108 cm³/mol. The number of ether oxygens (including phenoxy) is 2. The molecule has 0 amide bonds. The molecule has 1 aromatic heterocycles. The fourth-order valence-electron chi connectivity index (χ4n) is 3.03. The Kier molecular flexibility index (Phi) is 6.62. The molecule has 0 radical (unpaired) electrons. The number of aromatic nitrogens is 1. The van der Waals surface area contributed by atoms with Gasteiger partial charge in [-0.2, -0.15) is 0 Å². The van der Waals surface area contributed by atoms with Gasteiger partial charge in [0.2, 0.25) is 5.88 Å². The van der Waals surface area contributed by atoms with Crippen molar-refractivity contribution >= 4 is 35.2 Å². The quantitative estimate of drug-likeness (QED) is 0.595. The monoisotopic (exact) mass is 426 g/mol. The molecule has 5 nitrogen and oxygen atoms in total. The molecule has 0 atom stereocenters. The van der Waals surface area contributed by atoms with Crippen LogP contribution in [-0.2, 0) is 0 Å². The van der Waals surface area contributed by atoms with Gasteiger partial charge in [-0.3, -0.25) is 4.79 Å². The highest BCUT2D eigenvalue weighted by Gasteiger charge is 2.23. The molecule has 2 aromatic rings. The normalized spacial score (nSPS) is 15.0. The van der Waals surface area contributed by atoms with E-state index in [1.165, 1.54) is 6.07 Å². The number of halogens is 3. The number of pyridine rings is 1. The molecule has 150 valence electrons. The van der Waals surface area contributed by atoms with E-state index in [0.717, 1.165) is 37.7 Å². The van der Waals surface area contributed by atoms with Gasteiger partial charge in [0.15, 0.2) is 6.29 Å². The van der Waals surface area contributed by atoms with Gasteiger partial charge in [-0.15, -0.1) is 0 Å². The van der Waals surface area contributed by atoms with E-state index in [2.05, 4.69) is 9.88 Å². The maximum Gasteiger partial charge on any atom is 0.232 e. The molecule has 28 heavy (non-hydrogen) atoms. The molecule has 8 heteroatoms. The number of hydrogen-bond donors (Lipinski definition) is 0. The zero-order chi connectivity index (χ0) is 20.3. The Balaban J connectivity index is 1.61. The van der Waals surface area contributed by atoms with Crippen molar-refractivity contribution in [3.8, 4) is 11.6 Å². The van der Waals surface area contributed by atoms with E-state index in [4.69, 9.17) is 32.7 Å². The number of rotatable bonds is 6. The van der Waals surface area contributed by atoms with Gasteiger partial charge in [-0.25, -0.2) is 9.37 Å². The van der Waals surface area contributed by atoms with Crippen molar-refractivity contribution in [3.63, 3.8) is 0 Å². The summed E-state index contributed by atoms with van der Waals surface area (Å²) in [7, 11) is 0. The van der Waals surface area contributed by atoms with E-state index in [1.807, 2.05) is 19.9 Å². The number of benzene rings is 1. The lowest BCUT2D eigenvalue weighted by molar-refractivity contribution is 0.111. The summed E-state index contributed by atoms with van der Waals surface area (Å²) in [5, 5.41) is 0.699. The summed E-state index contributed by atoms with van der Waals surface area (Å²) >= 11 is 12.4. The summed E-state index contributed by atoms with van der Waals surface area (Å²) in [6.45, 7) is 5.31. The Labute approximate surface area is 173 Å². The second kappa shape index (κ2) is 8.97. The fourth-order valence-corrected chi connectivity index (χ4v) is 3.46. The minimum Gasteiger partial charge on any atom is -0.489 e. The molecule has 1 aliphatic rings. The van der Waals surface area contributed by atoms with E-state index in [0.29, 0.717) is 17.2 Å². The Morgan fingerprint density at radius 3 is 2.54 bits per heavy atom. The topological polar surface area (TPSA) is 51.7 Å². The van der Waals surface area contributed by atoms with Gasteiger partial charge in [0.05, 0.1) is 28.6 Å². The van der Waals surface area contributed by atoms with Crippen LogP contribution in [0.3, 0.4) is 0 Å². The standard InChI is InChI=1S/C20H21Cl2FN2O3/c1-12(2)27-20-17(22)8-14(10-24-20)25-5-3-15(4-6-25)28-19-9-18(23)13(11-26)7-16(19)21/h7-12,15H,3-6H2,1-2H3. The van der Waals surface area contributed by atoms with Crippen molar-refractivity contribution in [3.05, 3.63) is 45.8 Å². The van der Waals surface area contributed by atoms with E-state index in [9.17, 15) is 9.18 Å². The summed E-state index contributed by atoms with van der Waals surface area (Å²) < 4.78 is 25.2. The predicted octanol–water partition coefficient (Wildman–Crippen LogP) is 5.18. The van der Waals surface area contributed by atoms with Crippen LogP contribution in [-0.4, -0.2) is 36.6 Å². The van der Waals surface area contributed by atoms with Crippen LogP contribution in [0.25, 0.3) is 0 Å². The Morgan fingerprint density at radius 1 is 1.21 bits per heavy atom. The van der Waals surface area contributed by atoms with Crippen molar-refractivity contribution in [2.75, 3.05) is 18.0 Å². The number of carbonyl (C=O) groups is 1. The molecule has 0 saturated carbocycles. The van der Waals surface area contributed by atoms with Gasteiger partial charge in [0, 0.05) is 32.0 Å². The fraction of sp³-hybridized carbons (Fsp3) is 0.400. The molecule has 1 saturated heterocycles. The maximum atomic E-state index is 13.8. The molecule has 0 bridgehead atoms. The number of anilines is 1. The summed E-state index contributed by atoms with van der Waals surface area (Å²) in [6.07, 6.45) is 3.54. The first-order valence-corrected chi connectivity index (χ1v) is 9.81. The third-order valence-electron chi connectivity index (χ3n) is 4.42. The highest BCUT2D eigenvalue weighted by Crippen LogP contribution is 2.32. The van der Waals surface area contributed by atoms with Crippen LogP contribution in [0, 0.1) is 5.82 Å². The van der Waals surface area contributed by atoms with Crippen molar-refractivity contribution in [2.45, 2.75) is 38.9 Å². The molecular weight excluding hydrogens is 406 g/mol. The number of aldehydes is 1. The van der Waals surface area contributed by atoms with Crippen LogP contribution in [0.2, 0.25) is 10.0 Å². The Hall–Kier alpha value is -2.05. The summed E-state index contributed by atoms with van der Waals surface area (Å²) in [5.74, 6) is 0.0356. The maximum absolute atomic E-state index is 13.8. The lowest BCUT2D eigenvalue weighted by atomic mass is 10.1. The highest BCUT2D eigenvalue weighted by molar-refractivity contribution is 6.32. The molecule has 0 aliphatic carbocycles. The molecule has 1 aromatic carbocycles. The van der Waals surface area contributed by atoms with Crippen molar-refractivity contribution < 1.29 is 18.7 Å². The van der Waals surface area contributed by atoms with E-state index < -0.39 is 5.82 Å². The summed E-state index contributed by atoms with van der Waals surface area (Å²) in [6, 6.07) is 4.29. The van der Waals surface area contributed by atoms with Gasteiger partial charge in [-0.1, -0.05) is 23.2 Å². The van der Waals surface area contributed by atoms with Gasteiger partial charge in [0.25, 0.3) is 0 Å². The molecular formula is C20H21Cl2FN2O3. The Morgan fingerprint density at radius 2 is 1.93 bits per heavy atom. The van der Waals surface area contributed by atoms with Crippen molar-refractivity contribution in [2.24, 2.45) is 0 Å². The lowest BCUT2D eigenvalue weighted by Crippen LogP contribution is -2.38. The molecule has 0 spiro atoms. The van der Waals surface area contributed by atoms with Crippen molar-refractivity contribution in [1.29, 1.82) is 0 Å². The first-order valence-electron chi connectivity index (χ1n) is 9.05. The van der Waals surface area contributed by atoms with Gasteiger partial charge in [-0.05, 0) is 26.0 Å². The van der Waals surface area contributed by atoms with Crippen LogP contribution >= 0.6 is 23.2 Å². The van der Waals surface area contributed by atoms with E-state index >= 15 is 0 Å². The van der Waals surface area contributed by atoms with Crippen LogP contribution < -0.4 is 14.4 Å². The lowest BCUT2D eigenvalue weighted by Gasteiger charge is -2.33. The molecule has 0 unspecified atom stereocenters. The molecule has 1 fully saturated rings. The van der Waals surface area contributed by atoms with Crippen molar-refractivity contribution in [1.82, 2.24) is 4.98 Å². The van der Waals surface area contributed by atoms with E-state index in [-0.39, 0.29) is 28.5 Å². The molecule has 1 aliphatic heterocycles. The third kappa shape index (κ3) is 4.86. The average molecular weight is 427 g/mol. The number of carbonyl (C=O) groups excluding carboxylic acids is 1. The molecule has 0 N–H and O–H groups in total. The second-order valence-corrected chi connectivity index (χ2v) is 7.69. The highest BCUT2D eigenvalue weighted by atomic mass is 35.5. The van der Waals surface area contributed by atoms with Gasteiger partial charge < -0.3 is 14.4 Å². The zero-order valence-corrected chi connectivity index (χ0v) is 17.1. The van der Waals surface area contributed by atoms with Crippen LogP contribution in [0.5, 0.6) is 11.6 Å². The number of nitrogens with zero attached hydrogens (tertiary/aromatic N) is 2. The zero-order valence-electron chi connectivity index (χ0n) is 15.6. The number of piperidine rings is 1. The first-order chi connectivity index (χ1) is 13.4. The molecule has 2 heterocycles. The Bertz CT molecular complexity index is 856. The van der Waals surface area contributed by atoms with Crippen LogP contribution in [0.4, 0.5) is 10.1 Å². The first kappa shape index (κ1) is 20.7. The summed E-state index contributed by atoms with van der Waals surface area (Å²) in [5.41, 5.74) is 0.834. The summed E-state index contributed by atoms with van der Waals surface area (Å²) in [4.78, 5) is 17.2. The SMILES string of the molecule is CC(C)Oc1ncc(N2CCC(Oc3cc(F)c(C=O)cc3Cl)CC2)cc1Cl. The average Bonchev–Trinajstić information content (AvgIpc) is 2.66. The smallest absolute Gasteiger partial charge is 0.232 e. The molecule has 3 rings (SSSR count).